The number of amides is 1. The molecule has 17 heavy (non-hydrogen) atoms. The van der Waals surface area contributed by atoms with Gasteiger partial charge in [-0.2, -0.15) is 13.2 Å². The molecule has 1 aromatic rings. The fraction of sp³-hybridized carbons (Fsp3) is 0.545. The van der Waals surface area contributed by atoms with Crippen molar-refractivity contribution in [3.63, 3.8) is 0 Å². The number of hydrogen-bond acceptors (Lipinski definition) is 2. The van der Waals surface area contributed by atoms with Gasteiger partial charge in [0, 0.05) is 13.0 Å². The van der Waals surface area contributed by atoms with Crippen LogP contribution in [0.2, 0.25) is 0 Å². The van der Waals surface area contributed by atoms with Gasteiger partial charge in [0.25, 0.3) is 5.91 Å². The first-order valence-electron chi connectivity index (χ1n) is 5.32. The summed E-state index contributed by atoms with van der Waals surface area (Å²) in [7, 11) is 0. The van der Waals surface area contributed by atoms with E-state index in [0.717, 1.165) is 0 Å². The molecule has 0 saturated heterocycles. The largest absolute Gasteiger partial charge is 0.456 e. The molecule has 0 N–H and O–H groups in total. The Kier molecular flexibility index (Phi) is 4.20. The van der Waals surface area contributed by atoms with Crippen LogP contribution in [0.5, 0.6) is 0 Å². The average Bonchev–Trinajstić information content (AvgIpc) is 2.72. The van der Waals surface area contributed by atoms with Crippen LogP contribution in [0.3, 0.4) is 0 Å². The number of furan rings is 1. The van der Waals surface area contributed by atoms with Crippen LogP contribution in [0.15, 0.2) is 16.5 Å². The zero-order valence-electron chi connectivity index (χ0n) is 9.67. The quantitative estimate of drug-likeness (QED) is 0.822. The minimum atomic E-state index is -4.40. The summed E-state index contributed by atoms with van der Waals surface area (Å²) in [5.41, 5.74) is 0. The van der Waals surface area contributed by atoms with Crippen LogP contribution >= 0.6 is 0 Å². The van der Waals surface area contributed by atoms with E-state index in [1.807, 2.05) is 6.92 Å². The normalized spacial score (nSPS) is 11.6. The van der Waals surface area contributed by atoms with Gasteiger partial charge in [-0.05, 0) is 19.1 Å². The lowest BCUT2D eigenvalue weighted by Crippen LogP contribution is -2.38. The van der Waals surface area contributed by atoms with Crippen molar-refractivity contribution in [3.8, 4) is 0 Å². The molecule has 0 fully saturated rings. The van der Waals surface area contributed by atoms with E-state index < -0.39 is 18.6 Å². The Labute approximate surface area is 97.2 Å². The van der Waals surface area contributed by atoms with Crippen molar-refractivity contribution in [1.29, 1.82) is 0 Å². The summed E-state index contributed by atoms with van der Waals surface area (Å²) in [5, 5.41) is 0. The molecule has 3 nitrogen and oxygen atoms in total. The maximum absolute atomic E-state index is 12.2. The Balaban J connectivity index is 2.79. The average molecular weight is 249 g/mol. The molecule has 0 aliphatic heterocycles. The summed E-state index contributed by atoms with van der Waals surface area (Å²) < 4.78 is 41.8. The van der Waals surface area contributed by atoms with Crippen molar-refractivity contribution in [2.75, 3.05) is 13.1 Å². The Morgan fingerprint density at radius 1 is 1.35 bits per heavy atom. The van der Waals surface area contributed by atoms with Crippen LogP contribution in [0, 0.1) is 0 Å². The third-order valence-electron chi connectivity index (χ3n) is 2.26. The highest BCUT2D eigenvalue weighted by Gasteiger charge is 2.33. The fourth-order valence-corrected chi connectivity index (χ4v) is 1.38. The van der Waals surface area contributed by atoms with Crippen molar-refractivity contribution >= 4 is 5.91 Å². The van der Waals surface area contributed by atoms with E-state index in [1.165, 1.54) is 13.0 Å². The molecule has 0 aliphatic carbocycles. The van der Waals surface area contributed by atoms with Crippen LogP contribution < -0.4 is 0 Å². The Bertz CT molecular complexity index is 384. The van der Waals surface area contributed by atoms with Crippen LogP contribution in [-0.4, -0.2) is 30.1 Å². The zero-order chi connectivity index (χ0) is 13.1. The molecular weight excluding hydrogens is 235 g/mol. The molecule has 0 aliphatic rings. The van der Waals surface area contributed by atoms with E-state index in [1.54, 1.807) is 6.07 Å². The molecule has 0 spiro atoms. The second kappa shape index (κ2) is 5.25. The van der Waals surface area contributed by atoms with Gasteiger partial charge in [-0.15, -0.1) is 0 Å². The predicted molar refractivity (Wildman–Crippen MR) is 55.7 cm³/mol. The number of nitrogens with zero attached hydrogens (tertiary/aromatic N) is 1. The number of carbonyl (C=O) groups is 1. The SMILES string of the molecule is CCc1ccc(C(=O)N(CC)CC(F)(F)F)o1. The summed E-state index contributed by atoms with van der Waals surface area (Å²) in [6.07, 6.45) is -3.80. The van der Waals surface area contributed by atoms with Crippen molar-refractivity contribution in [3.05, 3.63) is 23.7 Å². The molecule has 0 unspecified atom stereocenters. The number of carbonyl (C=O) groups excluding carboxylic acids is 1. The van der Waals surface area contributed by atoms with Crippen LogP contribution in [0.4, 0.5) is 13.2 Å². The highest BCUT2D eigenvalue weighted by Crippen LogP contribution is 2.18. The first kappa shape index (κ1) is 13.6. The Hall–Kier alpha value is -1.46. The number of alkyl halides is 3. The van der Waals surface area contributed by atoms with E-state index >= 15 is 0 Å². The monoisotopic (exact) mass is 249 g/mol. The van der Waals surface area contributed by atoms with E-state index in [0.29, 0.717) is 17.1 Å². The smallest absolute Gasteiger partial charge is 0.406 e. The van der Waals surface area contributed by atoms with E-state index in [2.05, 4.69) is 0 Å². The summed E-state index contributed by atoms with van der Waals surface area (Å²) in [6, 6.07) is 2.99. The molecule has 96 valence electrons. The Morgan fingerprint density at radius 2 is 2.00 bits per heavy atom. The van der Waals surface area contributed by atoms with E-state index in [9.17, 15) is 18.0 Å². The number of halogens is 3. The van der Waals surface area contributed by atoms with Gasteiger partial charge in [-0.25, -0.2) is 0 Å². The lowest BCUT2D eigenvalue weighted by Gasteiger charge is -2.20. The maximum Gasteiger partial charge on any atom is 0.406 e. The highest BCUT2D eigenvalue weighted by molar-refractivity contribution is 5.91. The van der Waals surface area contributed by atoms with Crippen molar-refractivity contribution in [1.82, 2.24) is 4.90 Å². The molecule has 6 heteroatoms. The summed E-state index contributed by atoms with van der Waals surface area (Å²) >= 11 is 0. The fourth-order valence-electron chi connectivity index (χ4n) is 1.38. The van der Waals surface area contributed by atoms with E-state index in [-0.39, 0.29) is 12.3 Å². The van der Waals surface area contributed by atoms with Crippen molar-refractivity contribution in [2.24, 2.45) is 0 Å². The molecular formula is C11H14F3NO2. The van der Waals surface area contributed by atoms with Gasteiger partial charge in [-0.1, -0.05) is 6.92 Å². The molecule has 0 aromatic carbocycles. The summed E-state index contributed by atoms with van der Waals surface area (Å²) in [4.78, 5) is 12.4. The lowest BCUT2D eigenvalue weighted by atomic mass is 10.3. The lowest BCUT2D eigenvalue weighted by molar-refractivity contribution is -0.140. The van der Waals surface area contributed by atoms with Gasteiger partial charge in [0.1, 0.15) is 12.3 Å². The molecule has 1 heterocycles. The predicted octanol–water partition coefficient (Wildman–Crippen LogP) is 2.87. The van der Waals surface area contributed by atoms with Crippen molar-refractivity contribution < 1.29 is 22.4 Å². The van der Waals surface area contributed by atoms with Crippen molar-refractivity contribution in [2.45, 2.75) is 26.4 Å². The summed E-state index contributed by atoms with van der Waals surface area (Å²) in [5.74, 6) is -0.200. The molecule has 1 aromatic heterocycles. The van der Waals surface area contributed by atoms with Crippen LogP contribution in [-0.2, 0) is 6.42 Å². The second-order valence-electron chi connectivity index (χ2n) is 3.55. The van der Waals surface area contributed by atoms with Crippen LogP contribution in [0.1, 0.15) is 30.2 Å². The zero-order valence-corrected chi connectivity index (χ0v) is 9.67. The molecule has 0 bridgehead atoms. The standard InChI is InChI=1S/C11H14F3NO2/c1-3-8-5-6-9(17-8)10(16)15(4-2)7-11(12,13)14/h5-6H,3-4,7H2,1-2H3. The number of aryl methyl sites for hydroxylation is 1. The van der Waals surface area contributed by atoms with Gasteiger partial charge >= 0.3 is 6.18 Å². The first-order chi connectivity index (χ1) is 7.87. The first-order valence-corrected chi connectivity index (χ1v) is 5.32. The second-order valence-corrected chi connectivity index (χ2v) is 3.55. The molecule has 1 rings (SSSR count). The summed E-state index contributed by atoms with van der Waals surface area (Å²) in [6.45, 7) is 2.05. The molecule has 0 saturated carbocycles. The third kappa shape index (κ3) is 3.80. The minimum Gasteiger partial charge on any atom is -0.456 e. The molecule has 0 radical (unpaired) electrons. The number of hydrogen-bond donors (Lipinski definition) is 0. The molecule has 1 amide bonds. The topological polar surface area (TPSA) is 33.5 Å². The Morgan fingerprint density at radius 3 is 2.41 bits per heavy atom. The van der Waals surface area contributed by atoms with Gasteiger partial charge in [0.05, 0.1) is 0 Å². The minimum absolute atomic E-state index is 0.0134. The van der Waals surface area contributed by atoms with Gasteiger partial charge in [0.2, 0.25) is 0 Å². The third-order valence-corrected chi connectivity index (χ3v) is 2.26. The van der Waals surface area contributed by atoms with Gasteiger partial charge < -0.3 is 9.32 Å². The van der Waals surface area contributed by atoms with Gasteiger partial charge in [0.15, 0.2) is 5.76 Å². The maximum atomic E-state index is 12.2. The highest BCUT2D eigenvalue weighted by atomic mass is 19.4. The van der Waals surface area contributed by atoms with Crippen LogP contribution in [0.25, 0.3) is 0 Å². The van der Waals surface area contributed by atoms with E-state index in [4.69, 9.17) is 4.42 Å². The number of rotatable bonds is 4. The van der Waals surface area contributed by atoms with Gasteiger partial charge in [-0.3, -0.25) is 4.79 Å². The molecule has 0 atom stereocenters.